The Labute approximate surface area is 107 Å². The number of hydrogen-bond acceptors (Lipinski definition) is 2. The summed E-state index contributed by atoms with van der Waals surface area (Å²) >= 11 is 0. The minimum atomic E-state index is -0.00304. The minimum Gasteiger partial charge on any atom is -0.326 e. The van der Waals surface area contributed by atoms with Crippen LogP contribution in [0.4, 0.5) is 0 Å². The van der Waals surface area contributed by atoms with Crippen molar-refractivity contribution in [3.05, 3.63) is 45.9 Å². The third-order valence-corrected chi connectivity index (χ3v) is 3.33. The Hall–Kier alpha value is -1.61. The van der Waals surface area contributed by atoms with Gasteiger partial charge in [-0.05, 0) is 21.9 Å². The van der Waals surface area contributed by atoms with Gasteiger partial charge in [-0.3, -0.25) is 4.79 Å². The van der Waals surface area contributed by atoms with Crippen LogP contribution >= 0.6 is 0 Å². The Morgan fingerprint density at radius 3 is 2.50 bits per heavy atom. The molecule has 0 aliphatic carbocycles. The van der Waals surface area contributed by atoms with Crippen molar-refractivity contribution < 1.29 is 0 Å². The molecule has 2 rings (SSSR count). The van der Waals surface area contributed by atoms with Crippen molar-refractivity contribution in [3.63, 3.8) is 0 Å². The fourth-order valence-electron chi connectivity index (χ4n) is 2.34. The molecule has 18 heavy (non-hydrogen) atoms. The van der Waals surface area contributed by atoms with E-state index in [0.717, 1.165) is 16.3 Å². The van der Waals surface area contributed by atoms with Crippen molar-refractivity contribution in [1.29, 1.82) is 0 Å². The second-order valence-corrected chi connectivity index (χ2v) is 5.75. The van der Waals surface area contributed by atoms with Gasteiger partial charge in [-0.15, -0.1) is 0 Å². The molecule has 0 aliphatic heterocycles. The van der Waals surface area contributed by atoms with Gasteiger partial charge >= 0.3 is 0 Å². The van der Waals surface area contributed by atoms with Gasteiger partial charge in [0, 0.05) is 19.8 Å². The molecule has 0 atom stereocenters. The number of aromatic nitrogens is 1. The van der Waals surface area contributed by atoms with Crippen molar-refractivity contribution in [1.82, 2.24) is 4.57 Å². The van der Waals surface area contributed by atoms with Gasteiger partial charge in [-0.1, -0.05) is 39.0 Å². The van der Waals surface area contributed by atoms with E-state index in [1.807, 2.05) is 24.4 Å². The third kappa shape index (κ3) is 1.95. The van der Waals surface area contributed by atoms with Gasteiger partial charge in [0.25, 0.3) is 5.56 Å². The quantitative estimate of drug-likeness (QED) is 0.836. The summed E-state index contributed by atoms with van der Waals surface area (Å²) in [5.41, 5.74) is 7.86. The van der Waals surface area contributed by atoms with Crippen LogP contribution in [0.25, 0.3) is 10.8 Å². The van der Waals surface area contributed by atoms with Crippen molar-refractivity contribution >= 4 is 10.8 Å². The second-order valence-electron chi connectivity index (χ2n) is 5.75. The number of nitrogens with zero attached hydrogens (tertiary/aromatic N) is 1. The molecule has 2 aromatic rings. The van der Waals surface area contributed by atoms with E-state index in [2.05, 4.69) is 20.8 Å². The van der Waals surface area contributed by atoms with Crippen LogP contribution in [0.3, 0.4) is 0 Å². The molecule has 1 aromatic carbocycles. The first-order chi connectivity index (χ1) is 8.36. The van der Waals surface area contributed by atoms with Gasteiger partial charge in [-0.25, -0.2) is 0 Å². The first-order valence-corrected chi connectivity index (χ1v) is 6.18. The minimum absolute atomic E-state index is 0.00304. The van der Waals surface area contributed by atoms with E-state index < -0.39 is 0 Å². The number of fused-ring (bicyclic) bond motifs is 1. The summed E-state index contributed by atoms with van der Waals surface area (Å²) in [6.07, 6.45) is 1.94. The lowest BCUT2D eigenvalue weighted by molar-refractivity contribution is 0.587. The van der Waals surface area contributed by atoms with Crippen molar-refractivity contribution in [3.8, 4) is 0 Å². The molecule has 1 heterocycles. The average molecular weight is 244 g/mol. The molecule has 3 heteroatoms. The summed E-state index contributed by atoms with van der Waals surface area (Å²) in [5, 5.41) is 1.78. The molecule has 0 saturated heterocycles. The summed E-state index contributed by atoms with van der Waals surface area (Å²) in [5.74, 6) is 0. The van der Waals surface area contributed by atoms with E-state index in [1.54, 1.807) is 11.6 Å². The van der Waals surface area contributed by atoms with Crippen LogP contribution in [0, 0.1) is 0 Å². The molecular weight excluding hydrogens is 224 g/mol. The standard InChI is InChI=1S/C15H20N2O/c1-15(2,3)12-9-17(4)14(18)13-10(8-16)6-5-7-11(12)13/h5-7,9H,8,16H2,1-4H3. The zero-order valence-corrected chi connectivity index (χ0v) is 11.4. The number of pyridine rings is 1. The zero-order chi connectivity index (χ0) is 13.5. The van der Waals surface area contributed by atoms with Gasteiger partial charge in [0.15, 0.2) is 0 Å². The van der Waals surface area contributed by atoms with E-state index in [9.17, 15) is 4.79 Å². The SMILES string of the molecule is Cn1cc(C(C)(C)C)c2cccc(CN)c2c1=O. The number of nitrogens with two attached hydrogens (primary N) is 1. The van der Waals surface area contributed by atoms with Crippen LogP contribution in [0.15, 0.2) is 29.2 Å². The third-order valence-electron chi connectivity index (χ3n) is 3.33. The summed E-state index contributed by atoms with van der Waals surface area (Å²) < 4.78 is 1.65. The molecule has 0 spiro atoms. The number of aryl methyl sites for hydroxylation is 1. The first-order valence-electron chi connectivity index (χ1n) is 6.18. The molecule has 0 amide bonds. The van der Waals surface area contributed by atoms with Crippen LogP contribution in [-0.2, 0) is 19.0 Å². The smallest absolute Gasteiger partial charge is 0.258 e. The molecular formula is C15H20N2O. The van der Waals surface area contributed by atoms with Crippen molar-refractivity contribution in [2.45, 2.75) is 32.7 Å². The molecule has 96 valence electrons. The lowest BCUT2D eigenvalue weighted by atomic mass is 9.84. The number of rotatable bonds is 1. The van der Waals surface area contributed by atoms with Crippen molar-refractivity contribution in [2.24, 2.45) is 12.8 Å². The topological polar surface area (TPSA) is 48.0 Å². The normalized spacial score (nSPS) is 12.1. The Balaban J connectivity index is 3.01. The van der Waals surface area contributed by atoms with Gasteiger partial charge < -0.3 is 10.3 Å². The fourth-order valence-corrected chi connectivity index (χ4v) is 2.34. The Kier molecular flexibility index (Phi) is 3.03. The summed E-state index contributed by atoms with van der Waals surface area (Å²) in [4.78, 5) is 12.3. The lowest BCUT2D eigenvalue weighted by Gasteiger charge is -2.22. The highest BCUT2D eigenvalue weighted by Crippen LogP contribution is 2.29. The number of benzene rings is 1. The predicted molar refractivity (Wildman–Crippen MR) is 75.8 cm³/mol. The fraction of sp³-hybridized carbons (Fsp3) is 0.400. The largest absolute Gasteiger partial charge is 0.326 e. The first kappa shape index (κ1) is 12.8. The molecule has 0 aliphatic rings. The van der Waals surface area contributed by atoms with Gasteiger partial charge in [0.05, 0.1) is 5.39 Å². The molecule has 0 saturated carbocycles. The summed E-state index contributed by atoms with van der Waals surface area (Å²) in [7, 11) is 1.80. The maximum atomic E-state index is 12.3. The van der Waals surface area contributed by atoms with E-state index >= 15 is 0 Å². The lowest BCUT2D eigenvalue weighted by Crippen LogP contribution is -2.23. The highest BCUT2D eigenvalue weighted by atomic mass is 16.1. The average Bonchev–Trinajstić information content (AvgIpc) is 2.31. The van der Waals surface area contributed by atoms with Gasteiger partial charge in [-0.2, -0.15) is 0 Å². The van der Waals surface area contributed by atoms with Crippen LogP contribution in [0.1, 0.15) is 31.9 Å². The monoisotopic (exact) mass is 244 g/mol. The van der Waals surface area contributed by atoms with E-state index in [1.165, 1.54) is 5.56 Å². The van der Waals surface area contributed by atoms with Crippen LogP contribution in [-0.4, -0.2) is 4.57 Å². The predicted octanol–water partition coefficient (Wildman–Crippen LogP) is 2.29. The summed E-state index contributed by atoms with van der Waals surface area (Å²) in [6, 6.07) is 5.91. The highest BCUT2D eigenvalue weighted by Gasteiger charge is 2.20. The molecule has 0 radical (unpaired) electrons. The highest BCUT2D eigenvalue weighted by molar-refractivity contribution is 5.88. The molecule has 0 bridgehead atoms. The Bertz CT molecular complexity index is 648. The Morgan fingerprint density at radius 2 is 1.94 bits per heavy atom. The molecule has 3 nitrogen and oxygen atoms in total. The van der Waals surface area contributed by atoms with Gasteiger partial charge in [0.2, 0.25) is 0 Å². The van der Waals surface area contributed by atoms with Crippen LogP contribution in [0.2, 0.25) is 0 Å². The van der Waals surface area contributed by atoms with Crippen molar-refractivity contribution in [2.75, 3.05) is 0 Å². The summed E-state index contributed by atoms with van der Waals surface area (Å²) in [6.45, 7) is 6.85. The zero-order valence-electron chi connectivity index (χ0n) is 11.4. The van der Waals surface area contributed by atoms with E-state index in [0.29, 0.717) is 6.54 Å². The maximum Gasteiger partial charge on any atom is 0.258 e. The molecule has 1 aromatic heterocycles. The van der Waals surface area contributed by atoms with Crippen LogP contribution < -0.4 is 11.3 Å². The number of hydrogen-bond donors (Lipinski definition) is 1. The van der Waals surface area contributed by atoms with Crippen LogP contribution in [0.5, 0.6) is 0 Å². The second kappa shape index (κ2) is 4.25. The van der Waals surface area contributed by atoms with E-state index in [4.69, 9.17) is 5.73 Å². The van der Waals surface area contributed by atoms with Gasteiger partial charge in [0.1, 0.15) is 0 Å². The maximum absolute atomic E-state index is 12.3. The van der Waals surface area contributed by atoms with E-state index in [-0.39, 0.29) is 11.0 Å². The molecule has 2 N–H and O–H groups in total. The Morgan fingerprint density at radius 1 is 1.28 bits per heavy atom. The molecule has 0 fully saturated rings. The molecule has 0 unspecified atom stereocenters.